The molecule has 0 radical (unpaired) electrons. The van der Waals surface area contributed by atoms with Gasteiger partial charge in [-0.2, -0.15) is 0 Å². The fourth-order valence-electron chi connectivity index (χ4n) is 2.51. The molecular weight excluding hydrogens is 242 g/mol. The lowest BCUT2D eigenvalue weighted by atomic mass is 9.96. The number of hydrogen-bond donors (Lipinski definition) is 2. The fraction of sp³-hybridized carbons (Fsp3) is 0.571. The van der Waals surface area contributed by atoms with Crippen LogP contribution in [-0.4, -0.2) is 16.0 Å². The summed E-state index contributed by atoms with van der Waals surface area (Å²) in [5, 5.41) is 3.52. The van der Waals surface area contributed by atoms with Gasteiger partial charge in [0, 0.05) is 12.2 Å². The van der Waals surface area contributed by atoms with E-state index in [1.165, 1.54) is 44.9 Å². The first-order valence-electron chi connectivity index (χ1n) is 6.79. The summed E-state index contributed by atoms with van der Waals surface area (Å²) in [6.07, 6.45) is 10.9. The highest BCUT2D eigenvalue weighted by atomic mass is 32.1. The van der Waals surface area contributed by atoms with Crippen molar-refractivity contribution in [3.05, 3.63) is 23.9 Å². The molecule has 1 saturated carbocycles. The summed E-state index contributed by atoms with van der Waals surface area (Å²) in [4.78, 5) is 4.78. The Morgan fingerprint density at radius 1 is 1.22 bits per heavy atom. The molecule has 1 aliphatic rings. The van der Waals surface area contributed by atoms with Gasteiger partial charge in [0.05, 0.1) is 5.56 Å². The molecule has 3 nitrogen and oxygen atoms in total. The average Bonchev–Trinajstić information content (AvgIpc) is 2.33. The third kappa shape index (κ3) is 3.67. The third-order valence-corrected chi connectivity index (χ3v) is 3.74. The summed E-state index contributed by atoms with van der Waals surface area (Å²) in [5.74, 6) is 0.843. The molecule has 2 rings (SSSR count). The second-order valence-corrected chi connectivity index (χ2v) is 5.39. The highest BCUT2D eigenvalue weighted by molar-refractivity contribution is 7.80. The van der Waals surface area contributed by atoms with Crippen molar-refractivity contribution in [1.29, 1.82) is 0 Å². The largest absolute Gasteiger partial charge is 0.389 e. The first-order chi connectivity index (χ1) is 8.77. The highest BCUT2D eigenvalue weighted by Crippen LogP contribution is 2.21. The van der Waals surface area contributed by atoms with Crippen LogP contribution in [0.2, 0.25) is 0 Å². The molecule has 4 heteroatoms. The van der Waals surface area contributed by atoms with Crippen LogP contribution < -0.4 is 11.1 Å². The van der Waals surface area contributed by atoms with Crippen LogP contribution in [0.25, 0.3) is 0 Å². The van der Waals surface area contributed by atoms with E-state index in [1.807, 2.05) is 12.1 Å². The minimum absolute atomic E-state index is 0.413. The van der Waals surface area contributed by atoms with E-state index in [1.54, 1.807) is 6.20 Å². The molecule has 1 fully saturated rings. The van der Waals surface area contributed by atoms with Crippen LogP contribution in [0.4, 0.5) is 5.82 Å². The van der Waals surface area contributed by atoms with E-state index in [0.717, 1.165) is 11.4 Å². The van der Waals surface area contributed by atoms with Gasteiger partial charge in [-0.05, 0) is 25.0 Å². The molecule has 0 aromatic carbocycles. The smallest absolute Gasteiger partial charge is 0.136 e. The number of aromatic nitrogens is 1. The summed E-state index contributed by atoms with van der Waals surface area (Å²) in [7, 11) is 0. The van der Waals surface area contributed by atoms with Crippen molar-refractivity contribution in [3.63, 3.8) is 0 Å². The van der Waals surface area contributed by atoms with Gasteiger partial charge in [-0.15, -0.1) is 0 Å². The molecule has 1 heterocycles. The Morgan fingerprint density at radius 3 is 2.56 bits per heavy atom. The molecule has 18 heavy (non-hydrogen) atoms. The summed E-state index contributed by atoms with van der Waals surface area (Å²) in [6.45, 7) is 0. The van der Waals surface area contributed by atoms with Crippen molar-refractivity contribution in [1.82, 2.24) is 4.98 Å². The summed E-state index contributed by atoms with van der Waals surface area (Å²) < 4.78 is 0. The SMILES string of the molecule is NC(=S)c1cccnc1NC1CCCCCCC1. The lowest BCUT2D eigenvalue weighted by Gasteiger charge is -2.22. The molecule has 0 unspecified atom stereocenters. The highest BCUT2D eigenvalue weighted by Gasteiger charge is 2.14. The Labute approximate surface area is 114 Å². The van der Waals surface area contributed by atoms with E-state index in [2.05, 4.69) is 10.3 Å². The molecular formula is C14H21N3S. The molecule has 0 amide bonds. The van der Waals surface area contributed by atoms with Gasteiger partial charge in [-0.3, -0.25) is 0 Å². The van der Waals surface area contributed by atoms with E-state index in [0.29, 0.717) is 11.0 Å². The zero-order valence-electron chi connectivity index (χ0n) is 10.7. The first kappa shape index (κ1) is 13.3. The second-order valence-electron chi connectivity index (χ2n) is 4.95. The van der Waals surface area contributed by atoms with Crippen molar-refractivity contribution in [2.45, 2.75) is 51.0 Å². The number of nitrogens with one attached hydrogen (secondary N) is 1. The summed E-state index contributed by atoms with van der Waals surface area (Å²) in [5.41, 5.74) is 6.58. The van der Waals surface area contributed by atoms with E-state index in [9.17, 15) is 0 Å². The molecule has 0 atom stereocenters. The lowest BCUT2D eigenvalue weighted by Crippen LogP contribution is -2.23. The molecule has 1 aromatic heterocycles. The van der Waals surface area contributed by atoms with Gasteiger partial charge >= 0.3 is 0 Å². The molecule has 0 bridgehead atoms. The topological polar surface area (TPSA) is 50.9 Å². The van der Waals surface area contributed by atoms with E-state index < -0.39 is 0 Å². The van der Waals surface area contributed by atoms with Crippen LogP contribution in [0.15, 0.2) is 18.3 Å². The first-order valence-corrected chi connectivity index (χ1v) is 7.19. The standard InChI is InChI=1S/C14H21N3S/c15-13(18)12-9-6-10-16-14(12)17-11-7-4-2-1-3-5-8-11/h6,9-11H,1-5,7-8H2,(H2,15,18)(H,16,17). The zero-order valence-corrected chi connectivity index (χ0v) is 11.5. The summed E-state index contributed by atoms with van der Waals surface area (Å²) >= 11 is 5.06. The average molecular weight is 263 g/mol. The Morgan fingerprint density at radius 2 is 1.89 bits per heavy atom. The number of rotatable bonds is 3. The predicted octanol–water partition coefficient (Wildman–Crippen LogP) is 3.24. The van der Waals surface area contributed by atoms with E-state index in [4.69, 9.17) is 18.0 Å². The predicted molar refractivity (Wildman–Crippen MR) is 79.9 cm³/mol. The molecule has 0 saturated heterocycles. The van der Waals surface area contributed by atoms with Crippen LogP contribution in [0.3, 0.4) is 0 Å². The maximum absolute atomic E-state index is 5.73. The van der Waals surface area contributed by atoms with Crippen LogP contribution in [-0.2, 0) is 0 Å². The maximum atomic E-state index is 5.73. The van der Waals surface area contributed by atoms with Gasteiger partial charge in [0.2, 0.25) is 0 Å². The lowest BCUT2D eigenvalue weighted by molar-refractivity contribution is 0.470. The Bertz CT molecular complexity index is 398. The van der Waals surface area contributed by atoms with Gasteiger partial charge in [-0.25, -0.2) is 4.98 Å². The van der Waals surface area contributed by atoms with Gasteiger partial charge in [0.25, 0.3) is 0 Å². The van der Waals surface area contributed by atoms with Crippen molar-refractivity contribution in [2.24, 2.45) is 5.73 Å². The summed E-state index contributed by atoms with van der Waals surface area (Å²) in [6, 6.07) is 4.31. The van der Waals surface area contributed by atoms with Crippen LogP contribution >= 0.6 is 12.2 Å². The van der Waals surface area contributed by atoms with Gasteiger partial charge in [0.1, 0.15) is 10.8 Å². The minimum atomic E-state index is 0.413. The second kappa shape index (κ2) is 6.69. The monoisotopic (exact) mass is 263 g/mol. The Hall–Kier alpha value is -1.16. The minimum Gasteiger partial charge on any atom is -0.389 e. The number of pyridine rings is 1. The number of nitrogens with two attached hydrogens (primary N) is 1. The Kier molecular flexibility index (Phi) is 4.93. The number of hydrogen-bond acceptors (Lipinski definition) is 3. The van der Waals surface area contributed by atoms with Crippen molar-refractivity contribution in [3.8, 4) is 0 Å². The number of nitrogens with zero attached hydrogens (tertiary/aromatic N) is 1. The normalized spacial score (nSPS) is 17.8. The van der Waals surface area contributed by atoms with E-state index >= 15 is 0 Å². The van der Waals surface area contributed by atoms with Gasteiger partial charge < -0.3 is 11.1 Å². The molecule has 1 aromatic rings. The van der Waals surface area contributed by atoms with Gasteiger partial charge in [0.15, 0.2) is 0 Å². The third-order valence-electron chi connectivity index (χ3n) is 3.52. The van der Waals surface area contributed by atoms with E-state index in [-0.39, 0.29) is 0 Å². The van der Waals surface area contributed by atoms with Crippen LogP contribution in [0.1, 0.15) is 50.5 Å². The fourth-order valence-corrected chi connectivity index (χ4v) is 2.68. The van der Waals surface area contributed by atoms with Crippen molar-refractivity contribution in [2.75, 3.05) is 5.32 Å². The van der Waals surface area contributed by atoms with Crippen LogP contribution in [0.5, 0.6) is 0 Å². The van der Waals surface area contributed by atoms with Gasteiger partial charge in [-0.1, -0.05) is 44.3 Å². The number of anilines is 1. The molecule has 1 aliphatic carbocycles. The molecule has 98 valence electrons. The zero-order chi connectivity index (χ0) is 12.8. The van der Waals surface area contributed by atoms with Crippen LogP contribution in [0, 0.1) is 0 Å². The Balaban J connectivity index is 2.05. The maximum Gasteiger partial charge on any atom is 0.136 e. The molecule has 3 N–H and O–H groups in total. The molecule has 0 aliphatic heterocycles. The molecule has 0 spiro atoms. The quantitative estimate of drug-likeness (QED) is 0.822. The number of thiocarbonyl (C=S) groups is 1. The van der Waals surface area contributed by atoms with Crippen molar-refractivity contribution >= 4 is 23.0 Å². The van der Waals surface area contributed by atoms with Crippen molar-refractivity contribution < 1.29 is 0 Å².